The quantitative estimate of drug-likeness (QED) is 0.803. The van der Waals surface area contributed by atoms with E-state index in [1.165, 1.54) is 0 Å². The first kappa shape index (κ1) is 14.0. The fraction of sp³-hybridized carbons (Fsp3) is 0.333. The van der Waals surface area contributed by atoms with Gasteiger partial charge in [0.2, 0.25) is 0 Å². The molecular formula is C12H18ClNO. The highest BCUT2D eigenvalue weighted by Crippen LogP contribution is 2.24. The van der Waals surface area contributed by atoms with Gasteiger partial charge in [-0.3, -0.25) is 0 Å². The SMILES string of the molecule is C=C[C@H](N)c1ccccc1OC(C)C.Cl. The lowest BCUT2D eigenvalue weighted by atomic mass is 10.1. The smallest absolute Gasteiger partial charge is 0.124 e. The predicted octanol–water partition coefficient (Wildman–Crippen LogP) is 3.08. The maximum Gasteiger partial charge on any atom is 0.124 e. The summed E-state index contributed by atoms with van der Waals surface area (Å²) in [6, 6.07) is 7.62. The second kappa shape index (κ2) is 6.49. The van der Waals surface area contributed by atoms with Gasteiger partial charge in [0.05, 0.1) is 12.1 Å². The number of hydrogen-bond donors (Lipinski definition) is 1. The average Bonchev–Trinajstić information content (AvgIpc) is 2.16. The molecule has 3 heteroatoms. The highest BCUT2D eigenvalue weighted by molar-refractivity contribution is 5.85. The Morgan fingerprint density at radius 1 is 1.33 bits per heavy atom. The van der Waals surface area contributed by atoms with Crippen LogP contribution in [-0.2, 0) is 0 Å². The lowest BCUT2D eigenvalue weighted by molar-refractivity contribution is 0.239. The van der Waals surface area contributed by atoms with Crippen LogP contribution in [0.4, 0.5) is 0 Å². The normalized spacial score (nSPS) is 11.7. The van der Waals surface area contributed by atoms with Crippen LogP contribution in [0, 0.1) is 0 Å². The molecule has 0 saturated carbocycles. The molecule has 0 aliphatic heterocycles. The van der Waals surface area contributed by atoms with Crippen LogP contribution >= 0.6 is 12.4 Å². The molecule has 0 aromatic heterocycles. The van der Waals surface area contributed by atoms with Gasteiger partial charge in [0, 0.05) is 5.56 Å². The minimum Gasteiger partial charge on any atom is -0.491 e. The molecule has 1 rings (SSSR count). The van der Waals surface area contributed by atoms with E-state index in [1.807, 2.05) is 38.1 Å². The molecule has 84 valence electrons. The number of nitrogens with two attached hydrogens (primary N) is 1. The number of rotatable bonds is 4. The molecule has 15 heavy (non-hydrogen) atoms. The van der Waals surface area contributed by atoms with Crippen LogP contribution in [-0.4, -0.2) is 6.10 Å². The summed E-state index contributed by atoms with van der Waals surface area (Å²) in [6.07, 6.45) is 1.87. The number of benzene rings is 1. The molecule has 1 aromatic rings. The molecule has 0 unspecified atom stereocenters. The molecule has 0 spiro atoms. The molecule has 0 heterocycles. The topological polar surface area (TPSA) is 35.2 Å². The monoisotopic (exact) mass is 227 g/mol. The first-order valence-corrected chi connectivity index (χ1v) is 4.79. The van der Waals surface area contributed by atoms with Crippen LogP contribution in [0.2, 0.25) is 0 Å². The van der Waals surface area contributed by atoms with Crippen molar-refractivity contribution in [3.8, 4) is 5.75 Å². The van der Waals surface area contributed by atoms with Crippen molar-refractivity contribution in [2.24, 2.45) is 5.73 Å². The van der Waals surface area contributed by atoms with Crippen molar-refractivity contribution in [1.29, 1.82) is 0 Å². The zero-order chi connectivity index (χ0) is 10.6. The third-order valence-corrected chi connectivity index (χ3v) is 1.89. The van der Waals surface area contributed by atoms with E-state index in [4.69, 9.17) is 10.5 Å². The van der Waals surface area contributed by atoms with E-state index < -0.39 is 0 Å². The van der Waals surface area contributed by atoms with Crippen molar-refractivity contribution in [2.45, 2.75) is 26.0 Å². The zero-order valence-electron chi connectivity index (χ0n) is 9.14. The Morgan fingerprint density at radius 2 is 1.93 bits per heavy atom. The first-order chi connectivity index (χ1) is 6.65. The molecule has 0 aliphatic carbocycles. The minimum absolute atomic E-state index is 0. The van der Waals surface area contributed by atoms with Crippen molar-refractivity contribution in [3.05, 3.63) is 42.5 Å². The molecular weight excluding hydrogens is 210 g/mol. The summed E-state index contributed by atoms with van der Waals surface area (Å²) in [5, 5.41) is 0. The van der Waals surface area contributed by atoms with Crippen LogP contribution in [0.3, 0.4) is 0 Å². The van der Waals surface area contributed by atoms with Crippen molar-refractivity contribution in [1.82, 2.24) is 0 Å². The van der Waals surface area contributed by atoms with Crippen molar-refractivity contribution >= 4 is 12.4 Å². The van der Waals surface area contributed by atoms with Gasteiger partial charge in [-0.25, -0.2) is 0 Å². The summed E-state index contributed by atoms with van der Waals surface area (Å²) in [4.78, 5) is 0. The fourth-order valence-corrected chi connectivity index (χ4v) is 1.24. The van der Waals surface area contributed by atoms with Gasteiger partial charge in [0.15, 0.2) is 0 Å². The summed E-state index contributed by atoms with van der Waals surface area (Å²) in [5.41, 5.74) is 6.86. The van der Waals surface area contributed by atoms with Crippen molar-refractivity contribution in [3.63, 3.8) is 0 Å². The molecule has 0 aliphatic rings. The number of hydrogen-bond acceptors (Lipinski definition) is 2. The zero-order valence-corrected chi connectivity index (χ0v) is 9.96. The van der Waals surface area contributed by atoms with Crippen molar-refractivity contribution < 1.29 is 4.74 Å². The maximum atomic E-state index is 5.87. The van der Waals surface area contributed by atoms with E-state index in [-0.39, 0.29) is 24.6 Å². The van der Waals surface area contributed by atoms with Gasteiger partial charge in [-0.2, -0.15) is 0 Å². The minimum atomic E-state index is -0.162. The van der Waals surface area contributed by atoms with E-state index in [1.54, 1.807) is 6.08 Å². The van der Waals surface area contributed by atoms with Gasteiger partial charge in [0.25, 0.3) is 0 Å². The van der Waals surface area contributed by atoms with Crippen molar-refractivity contribution in [2.75, 3.05) is 0 Å². The summed E-state index contributed by atoms with van der Waals surface area (Å²) in [5.74, 6) is 0.843. The highest BCUT2D eigenvalue weighted by atomic mass is 35.5. The van der Waals surface area contributed by atoms with Crippen LogP contribution in [0.1, 0.15) is 25.5 Å². The van der Waals surface area contributed by atoms with Crippen LogP contribution in [0.15, 0.2) is 36.9 Å². The van der Waals surface area contributed by atoms with Gasteiger partial charge in [-0.05, 0) is 19.9 Å². The summed E-state index contributed by atoms with van der Waals surface area (Å²) >= 11 is 0. The maximum absolute atomic E-state index is 5.87. The van der Waals surface area contributed by atoms with E-state index in [0.717, 1.165) is 11.3 Å². The Bertz CT molecular complexity index is 312. The van der Waals surface area contributed by atoms with E-state index in [2.05, 4.69) is 6.58 Å². The Labute approximate surface area is 97.5 Å². The van der Waals surface area contributed by atoms with Crippen LogP contribution < -0.4 is 10.5 Å². The molecule has 0 radical (unpaired) electrons. The molecule has 2 nitrogen and oxygen atoms in total. The van der Waals surface area contributed by atoms with Gasteiger partial charge in [-0.15, -0.1) is 19.0 Å². The molecule has 0 amide bonds. The Hall–Kier alpha value is -0.990. The number of halogens is 1. The van der Waals surface area contributed by atoms with E-state index in [9.17, 15) is 0 Å². The van der Waals surface area contributed by atoms with Crippen LogP contribution in [0.5, 0.6) is 5.75 Å². The van der Waals surface area contributed by atoms with Gasteiger partial charge in [-0.1, -0.05) is 24.3 Å². The molecule has 2 N–H and O–H groups in total. The second-order valence-corrected chi connectivity index (χ2v) is 3.47. The third-order valence-electron chi connectivity index (χ3n) is 1.89. The van der Waals surface area contributed by atoms with Crippen LogP contribution in [0.25, 0.3) is 0 Å². The predicted molar refractivity (Wildman–Crippen MR) is 66.6 cm³/mol. The summed E-state index contributed by atoms with van der Waals surface area (Å²) in [7, 11) is 0. The standard InChI is InChI=1S/C12H17NO.ClH/c1-4-11(13)10-7-5-6-8-12(10)14-9(2)3;/h4-9,11H,1,13H2,2-3H3;1H/t11-;/m0./s1. The lowest BCUT2D eigenvalue weighted by Gasteiger charge is -2.16. The molecule has 0 bridgehead atoms. The Kier molecular flexibility index (Phi) is 6.06. The lowest BCUT2D eigenvalue weighted by Crippen LogP contribution is -2.12. The first-order valence-electron chi connectivity index (χ1n) is 4.79. The highest BCUT2D eigenvalue weighted by Gasteiger charge is 2.09. The molecule has 1 aromatic carbocycles. The largest absolute Gasteiger partial charge is 0.491 e. The molecule has 1 atom stereocenters. The fourth-order valence-electron chi connectivity index (χ4n) is 1.24. The molecule has 0 saturated heterocycles. The summed E-state index contributed by atoms with van der Waals surface area (Å²) < 4.78 is 5.64. The Morgan fingerprint density at radius 3 is 2.47 bits per heavy atom. The van der Waals surface area contributed by atoms with E-state index >= 15 is 0 Å². The van der Waals surface area contributed by atoms with Gasteiger partial charge in [0.1, 0.15) is 5.75 Å². The average molecular weight is 228 g/mol. The summed E-state index contributed by atoms with van der Waals surface area (Å²) in [6.45, 7) is 7.67. The Balaban J connectivity index is 0.00000196. The molecule has 0 fully saturated rings. The number of para-hydroxylation sites is 1. The second-order valence-electron chi connectivity index (χ2n) is 3.47. The van der Waals surface area contributed by atoms with Gasteiger partial charge >= 0.3 is 0 Å². The third kappa shape index (κ3) is 3.94. The number of ether oxygens (including phenoxy) is 1. The van der Waals surface area contributed by atoms with Gasteiger partial charge < -0.3 is 10.5 Å². The van der Waals surface area contributed by atoms with E-state index in [0.29, 0.717) is 0 Å².